The van der Waals surface area contributed by atoms with Crippen LogP contribution in [0.5, 0.6) is 5.75 Å². The van der Waals surface area contributed by atoms with E-state index in [1.165, 1.54) is 11.8 Å². The Balaban J connectivity index is 1.94. The summed E-state index contributed by atoms with van der Waals surface area (Å²) in [5.41, 5.74) is 1.27. The fourth-order valence-corrected chi connectivity index (χ4v) is 2.95. The van der Waals surface area contributed by atoms with E-state index in [1.807, 2.05) is 19.1 Å². The first-order chi connectivity index (χ1) is 12.1. The van der Waals surface area contributed by atoms with E-state index in [1.54, 1.807) is 31.4 Å². The minimum Gasteiger partial charge on any atom is -0.497 e. The maximum atomic E-state index is 12.2. The lowest BCUT2D eigenvalue weighted by atomic mass is 10.1. The first kappa shape index (κ1) is 16.8. The highest BCUT2D eigenvalue weighted by Crippen LogP contribution is 2.25. The molecule has 25 heavy (non-hydrogen) atoms. The number of hydrogen-bond donors (Lipinski definition) is 1. The van der Waals surface area contributed by atoms with Gasteiger partial charge in [0.2, 0.25) is 0 Å². The minimum atomic E-state index is -0.470. The van der Waals surface area contributed by atoms with Crippen LogP contribution >= 0.6 is 11.8 Å². The molecule has 0 amide bonds. The molecule has 0 bridgehead atoms. The van der Waals surface area contributed by atoms with Crippen molar-refractivity contribution in [2.75, 3.05) is 7.11 Å². The SMILES string of the molecule is COc1ccc(-c2nc(SCc3cc(C)on3)[nH]c(=O)c2C#N)cc1. The van der Waals surface area contributed by atoms with Gasteiger partial charge in [-0.1, -0.05) is 16.9 Å². The Hall–Kier alpha value is -3.05. The van der Waals surface area contributed by atoms with Gasteiger partial charge in [0.25, 0.3) is 5.56 Å². The van der Waals surface area contributed by atoms with Gasteiger partial charge in [0.15, 0.2) is 5.16 Å². The number of rotatable bonds is 5. The highest BCUT2D eigenvalue weighted by molar-refractivity contribution is 7.98. The van der Waals surface area contributed by atoms with Crippen molar-refractivity contribution >= 4 is 11.8 Å². The first-order valence-electron chi connectivity index (χ1n) is 7.34. The molecule has 1 aromatic carbocycles. The van der Waals surface area contributed by atoms with Gasteiger partial charge >= 0.3 is 0 Å². The average Bonchev–Trinajstić information content (AvgIpc) is 3.05. The summed E-state index contributed by atoms with van der Waals surface area (Å²) in [6, 6.07) is 10.8. The molecule has 0 spiro atoms. The fourth-order valence-electron chi connectivity index (χ4n) is 2.21. The molecule has 1 N–H and O–H groups in total. The molecule has 0 radical (unpaired) electrons. The molecule has 0 fully saturated rings. The van der Waals surface area contributed by atoms with Crippen molar-refractivity contribution in [3.05, 3.63) is 57.7 Å². The van der Waals surface area contributed by atoms with Crippen LogP contribution in [0.3, 0.4) is 0 Å². The van der Waals surface area contributed by atoms with E-state index in [9.17, 15) is 10.1 Å². The van der Waals surface area contributed by atoms with Crippen molar-refractivity contribution in [2.45, 2.75) is 17.8 Å². The van der Waals surface area contributed by atoms with Gasteiger partial charge in [-0.2, -0.15) is 5.26 Å². The third kappa shape index (κ3) is 3.72. The maximum Gasteiger partial charge on any atom is 0.270 e. The lowest BCUT2D eigenvalue weighted by Gasteiger charge is -2.07. The predicted molar refractivity (Wildman–Crippen MR) is 92.4 cm³/mol. The van der Waals surface area contributed by atoms with E-state index in [4.69, 9.17) is 9.26 Å². The number of H-pyrrole nitrogens is 1. The van der Waals surface area contributed by atoms with Crippen LogP contribution in [0.2, 0.25) is 0 Å². The molecule has 7 nitrogen and oxygen atoms in total. The van der Waals surface area contributed by atoms with Gasteiger partial charge < -0.3 is 14.2 Å². The highest BCUT2D eigenvalue weighted by atomic mass is 32.2. The number of aryl methyl sites for hydroxylation is 1. The third-order valence-corrected chi connectivity index (χ3v) is 4.31. The summed E-state index contributed by atoms with van der Waals surface area (Å²) in [5, 5.41) is 13.6. The zero-order chi connectivity index (χ0) is 17.8. The topological polar surface area (TPSA) is 105 Å². The van der Waals surface area contributed by atoms with Crippen molar-refractivity contribution < 1.29 is 9.26 Å². The quantitative estimate of drug-likeness (QED) is 0.555. The predicted octanol–water partition coefficient (Wildman–Crippen LogP) is 2.91. The number of nitrogens with one attached hydrogen (secondary N) is 1. The Morgan fingerprint density at radius 1 is 1.36 bits per heavy atom. The maximum absolute atomic E-state index is 12.2. The van der Waals surface area contributed by atoms with Crippen LogP contribution in [0.4, 0.5) is 0 Å². The summed E-state index contributed by atoms with van der Waals surface area (Å²) in [6.45, 7) is 1.81. The molecule has 0 saturated heterocycles. The molecule has 0 aliphatic rings. The number of benzene rings is 1. The van der Waals surface area contributed by atoms with Crippen LogP contribution in [0, 0.1) is 18.3 Å². The summed E-state index contributed by atoms with van der Waals surface area (Å²) >= 11 is 1.31. The first-order valence-corrected chi connectivity index (χ1v) is 8.33. The van der Waals surface area contributed by atoms with Crippen molar-refractivity contribution in [1.82, 2.24) is 15.1 Å². The molecule has 3 rings (SSSR count). The van der Waals surface area contributed by atoms with Gasteiger partial charge in [0.05, 0.1) is 18.5 Å². The van der Waals surface area contributed by atoms with E-state index in [2.05, 4.69) is 15.1 Å². The molecule has 0 unspecified atom stereocenters. The average molecular weight is 354 g/mol. The number of aromatic amines is 1. The van der Waals surface area contributed by atoms with Crippen LogP contribution in [-0.4, -0.2) is 22.2 Å². The Labute approximate surface area is 147 Å². The van der Waals surface area contributed by atoms with E-state index in [0.29, 0.717) is 27.9 Å². The molecule has 3 aromatic rings. The number of nitrogens with zero attached hydrogens (tertiary/aromatic N) is 3. The summed E-state index contributed by atoms with van der Waals surface area (Å²) in [5.74, 6) is 1.90. The van der Waals surface area contributed by atoms with E-state index in [0.717, 1.165) is 11.5 Å². The van der Waals surface area contributed by atoms with Crippen LogP contribution < -0.4 is 10.3 Å². The van der Waals surface area contributed by atoms with Crippen LogP contribution in [0.15, 0.2) is 44.8 Å². The normalized spacial score (nSPS) is 10.4. The minimum absolute atomic E-state index is 0.0215. The number of ether oxygens (including phenoxy) is 1. The second-order valence-electron chi connectivity index (χ2n) is 5.15. The lowest BCUT2D eigenvalue weighted by Crippen LogP contribution is -2.14. The van der Waals surface area contributed by atoms with E-state index in [-0.39, 0.29) is 5.56 Å². The van der Waals surface area contributed by atoms with Gasteiger partial charge in [0.1, 0.15) is 23.1 Å². The molecular formula is C17H14N4O3S. The molecule has 8 heteroatoms. The van der Waals surface area contributed by atoms with Gasteiger partial charge in [-0.15, -0.1) is 0 Å². The van der Waals surface area contributed by atoms with Crippen LogP contribution in [0.1, 0.15) is 17.0 Å². The molecule has 0 aliphatic heterocycles. The molecule has 0 saturated carbocycles. The molecule has 0 atom stereocenters. The van der Waals surface area contributed by atoms with E-state index < -0.39 is 5.56 Å². The van der Waals surface area contributed by atoms with Crippen molar-refractivity contribution in [2.24, 2.45) is 0 Å². The molecule has 2 aromatic heterocycles. The standard InChI is InChI=1S/C17H14N4O3S/c1-10-7-12(21-24-10)9-25-17-19-15(14(8-18)16(22)20-17)11-3-5-13(23-2)6-4-11/h3-7H,9H2,1-2H3,(H,19,20,22). The van der Waals surface area contributed by atoms with Crippen molar-refractivity contribution in [1.29, 1.82) is 5.26 Å². The summed E-state index contributed by atoms with van der Waals surface area (Å²) < 4.78 is 10.1. The third-order valence-electron chi connectivity index (χ3n) is 3.41. The molecular weight excluding hydrogens is 340 g/mol. The van der Waals surface area contributed by atoms with E-state index >= 15 is 0 Å². The van der Waals surface area contributed by atoms with Gasteiger partial charge in [-0.25, -0.2) is 4.98 Å². The smallest absolute Gasteiger partial charge is 0.270 e. The zero-order valence-electron chi connectivity index (χ0n) is 13.6. The molecule has 0 aliphatic carbocycles. The summed E-state index contributed by atoms with van der Waals surface area (Å²) in [6.07, 6.45) is 0. The van der Waals surface area contributed by atoms with Gasteiger partial charge in [0, 0.05) is 17.4 Å². The zero-order valence-corrected chi connectivity index (χ0v) is 14.4. The monoisotopic (exact) mass is 354 g/mol. The Morgan fingerprint density at radius 3 is 2.72 bits per heavy atom. The Bertz CT molecular complexity index is 986. The number of methoxy groups -OCH3 is 1. The second kappa shape index (κ2) is 7.23. The summed E-state index contributed by atoms with van der Waals surface area (Å²) in [4.78, 5) is 19.3. The van der Waals surface area contributed by atoms with Crippen LogP contribution in [0.25, 0.3) is 11.3 Å². The lowest BCUT2D eigenvalue weighted by molar-refractivity contribution is 0.393. The van der Waals surface area contributed by atoms with Gasteiger partial charge in [-0.3, -0.25) is 4.79 Å². The second-order valence-corrected chi connectivity index (χ2v) is 6.12. The fraction of sp³-hybridized carbons (Fsp3) is 0.176. The Morgan fingerprint density at radius 2 is 2.12 bits per heavy atom. The van der Waals surface area contributed by atoms with Gasteiger partial charge in [-0.05, 0) is 31.2 Å². The number of hydrogen-bond acceptors (Lipinski definition) is 7. The molecule has 2 heterocycles. The highest BCUT2D eigenvalue weighted by Gasteiger charge is 2.14. The number of thioether (sulfide) groups is 1. The van der Waals surface area contributed by atoms with Crippen LogP contribution in [-0.2, 0) is 5.75 Å². The Kier molecular flexibility index (Phi) is 4.86. The molecule has 126 valence electrons. The number of nitriles is 1. The van der Waals surface area contributed by atoms with Crippen molar-refractivity contribution in [3.63, 3.8) is 0 Å². The largest absolute Gasteiger partial charge is 0.497 e. The summed E-state index contributed by atoms with van der Waals surface area (Å²) in [7, 11) is 1.57. The number of aromatic nitrogens is 3. The van der Waals surface area contributed by atoms with Crippen molar-refractivity contribution in [3.8, 4) is 23.1 Å².